The Morgan fingerprint density at radius 2 is 1.94 bits per heavy atom. The van der Waals surface area contributed by atoms with Gasteiger partial charge in [-0.05, 0) is 12.8 Å². The molecule has 0 unspecified atom stereocenters. The van der Waals surface area contributed by atoms with Crippen molar-refractivity contribution >= 4 is 29.9 Å². The Bertz CT molecular complexity index is 272. The zero-order valence-electron chi connectivity index (χ0n) is 10.5. The molecule has 3 N–H and O–H groups in total. The minimum Gasteiger partial charge on any atom is -0.394 e. The van der Waals surface area contributed by atoms with E-state index in [1.165, 1.54) is 0 Å². The zero-order valence-corrected chi connectivity index (χ0v) is 12.8. The fraction of sp³-hybridized carbons (Fsp3) is 0.909. The van der Waals surface area contributed by atoms with Crippen molar-refractivity contribution in [3.8, 4) is 0 Å². The molecule has 0 aliphatic carbocycles. The van der Waals surface area contributed by atoms with Crippen LogP contribution in [0.4, 0.5) is 0 Å². The Morgan fingerprint density at radius 1 is 1.28 bits per heavy atom. The van der Waals surface area contributed by atoms with Gasteiger partial charge in [0.05, 0.1) is 38.6 Å². The first-order valence-corrected chi connectivity index (χ1v) is 6.18. The average molecular weight is 371 g/mol. The number of guanidine groups is 1. The van der Waals surface area contributed by atoms with Crippen LogP contribution in [0.2, 0.25) is 0 Å². The monoisotopic (exact) mass is 371 g/mol. The van der Waals surface area contributed by atoms with E-state index in [0.717, 1.165) is 25.9 Å². The van der Waals surface area contributed by atoms with Crippen LogP contribution >= 0.6 is 24.0 Å². The van der Waals surface area contributed by atoms with E-state index in [2.05, 4.69) is 4.99 Å². The maximum Gasteiger partial charge on any atom is 0.191 e. The first-order valence-electron chi connectivity index (χ1n) is 6.18. The van der Waals surface area contributed by atoms with Crippen LogP contribution in [0.1, 0.15) is 12.8 Å². The molecule has 0 bridgehead atoms. The Morgan fingerprint density at radius 3 is 2.56 bits per heavy atom. The van der Waals surface area contributed by atoms with Gasteiger partial charge in [0, 0.05) is 13.1 Å². The number of rotatable bonds is 3. The molecule has 2 aliphatic rings. The van der Waals surface area contributed by atoms with Crippen molar-refractivity contribution in [3.63, 3.8) is 0 Å². The van der Waals surface area contributed by atoms with E-state index < -0.39 is 0 Å². The predicted octanol–water partition coefficient (Wildman–Crippen LogP) is -0.209. The highest BCUT2D eigenvalue weighted by Crippen LogP contribution is 2.19. The van der Waals surface area contributed by atoms with E-state index in [0.29, 0.717) is 25.7 Å². The summed E-state index contributed by atoms with van der Waals surface area (Å²) in [5, 5.41) is 8.96. The molecule has 0 amide bonds. The van der Waals surface area contributed by atoms with Gasteiger partial charge in [-0.3, -0.25) is 4.99 Å². The lowest BCUT2D eigenvalue weighted by molar-refractivity contribution is 0.0158. The van der Waals surface area contributed by atoms with Gasteiger partial charge in [0.2, 0.25) is 0 Å². The van der Waals surface area contributed by atoms with Gasteiger partial charge in [-0.25, -0.2) is 0 Å². The summed E-state index contributed by atoms with van der Waals surface area (Å²) in [6.45, 7) is 3.71. The van der Waals surface area contributed by atoms with E-state index in [1.807, 2.05) is 4.90 Å². The van der Waals surface area contributed by atoms with Gasteiger partial charge in [0.15, 0.2) is 5.96 Å². The Hall–Kier alpha value is -0.120. The topological polar surface area (TPSA) is 80.3 Å². The number of morpholine rings is 1. The maximum atomic E-state index is 8.96. The normalized spacial score (nSPS) is 29.2. The quantitative estimate of drug-likeness (QED) is 0.408. The Kier molecular flexibility index (Phi) is 7.20. The van der Waals surface area contributed by atoms with Crippen molar-refractivity contribution in [2.45, 2.75) is 25.0 Å². The maximum absolute atomic E-state index is 8.96. The number of aliphatic hydroxyl groups is 1. The summed E-state index contributed by atoms with van der Waals surface area (Å²) >= 11 is 0. The lowest BCUT2D eigenvalue weighted by atomic mass is 10.2. The summed E-state index contributed by atoms with van der Waals surface area (Å²) in [4.78, 5) is 6.39. The molecule has 7 heteroatoms. The summed E-state index contributed by atoms with van der Waals surface area (Å²) in [6, 6.07) is 0. The fourth-order valence-electron chi connectivity index (χ4n) is 2.14. The number of hydrogen-bond donors (Lipinski definition) is 2. The fourth-order valence-corrected chi connectivity index (χ4v) is 2.14. The number of hydrogen-bond acceptors (Lipinski definition) is 4. The van der Waals surface area contributed by atoms with Crippen molar-refractivity contribution in [1.82, 2.24) is 4.90 Å². The minimum absolute atomic E-state index is 0. The number of ether oxygens (including phenoxy) is 2. The van der Waals surface area contributed by atoms with Crippen LogP contribution in [0.5, 0.6) is 0 Å². The smallest absolute Gasteiger partial charge is 0.191 e. The third-order valence-corrected chi connectivity index (χ3v) is 3.19. The van der Waals surface area contributed by atoms with Crippen molar-refractivity contribution in [3.05, 3.63) is 0 Å². The third kappa shape index (κ3) is 4.52. The van der Waals surface area contributed by atoms with Crippen LogP contribution in [0.15, 0.2) is 4.99 Å². The second kappa shape index (κ2) is 8.13. The average Bonchev–Trinajstić information content (AvgIpc) is 2.85. The molecule has 0 radical (unpaired) electrons. The van der Waals surface area contributed by atoms with Crippen LogP contribution in [-0.2, 0) is 9.47 Å². The number of aliphatic hydroxyl groups excluding tert-OH is 1. The molecular weight excluding hydrogens is 349 g/mol. The first-order chi connectivity index (χ1) is 8.29. The molecule has 2 rings (SSSR count). The van der Waals surface area contributed by atoms with Gasteiger partial charge in [-0.2, -0.15) is 0 Å². The van der Waals surface area contributed by atoms with E-state index in [4.69, 9.17) is 20.3 Å². The largest absolute Gasteiger partial charge is 0.394 e. The number of aliphatic imine (C=N–C) groups is 1. The van der Waals surface area contributed by atoms with Crippen LogP contribution in [0.25, 0.3) is 0 Å². The van der Waals surface area contributed by atoms with Crippen LogP contribution in [0, 0.1) is 0 Å². The highest BCUT2D eigenvalue weighted by Gasteiger charge is 2.24. The highest BCUT2D eigenvalue weighted by atomic mass is 127. The van der Waals surface area contributed by atoms with E-state index >= 15 is 0 Å². The Balaban J connectivity index is 0.00000162. The number of nitrogens with two attached hydrogens (primary N) is 1. The van der Waals surface area contributed by atoms with Crippen LogP contribution in [0.3, 0.4) is 0 Å². The molecule has 0 aromatic carbocycles. The number of halogens is 1. The van der Waals surface area contributed by atoms with Gasteiger partial charge >= 0.3 is 0 Å². The van der Waals surface area contributed by atoms with Gasteiger partial charge < -0.3 is 25.2 Å². The second-order valence-electron chi connectivity index (χ2n) is 4.44. The lowest BCUT2D eigenvalue weighted by Crippen LogP contribution is -2.45. The summed E-state index contributed by atoms with van der Waals surface area (Å²) in [7, 11) is 0. The summed E-state index contributed by atoms with van der Waals surface area (Å²) in [5.41, 5.74) is 5.91. The van der Waals surface area contributed by atoms with Gasteiger partial charge in [-0.15, -0.1) is 24.0 Å². The second-order valence-corrected chi connectivity index (χ2v) is 4.44. The third-order valence-electron chi connectivity index (χ3n) is 3.19. The lowest BCUT2D eigenvalue weighted by Gasteiger charge is -2.27. The van der Waals surface area contributed by atoms with Gasteiger partial charge in [0.1, 0.15) is 0 Å². The van der Waals surface area contributed by atoms with E-state index in [9.17, 15) is 0 Å². The SMILES string of the molecule is I.NC(=NC[C@H]1CC[C@@H](CO)O1)N1CCOCC1. The molecule has 2 aliphatic heterocycles. The minimum atomic E-state index is -0.0141. The molecule has 18 heavy (non-hydrogen) atoms. The molecule has 106 valence electrons. The molecule has 0 spiro atoms. The molecule has 2 atom stereocenters. The van der Waals surface area contributed by atoms with Crippen molar-refractivity contribution < 1.29 is 14.6 Å². The highest BCUT2D eigenvalue weighted by molar-refractivity contribution is 14.0. The Labute approximate surface area is 125 Å². The standard InChI is InChI=1S/C11H21N3O3.HI/c12-11(14-3-5-16-6-4-14)13-7-9-1-2-10(8-15)17-9;/h9-10,15H,1-8H2,(H2,12,13);1H/t9-,10+;/m1./s1. The molecule has 2 heterocycles. The molecule has 6 nitrogen and oxygen atoms in total. The molecular formula is C11H22IN3O3. The summed E-state index contributed by atoms with van der Waals surface area (Å²) < 4.78 is 10.8. The van der Waals surface area contributed by atoms with Crippen molar-refractivity contribution in [1.29, 1.82) is 0 Å². The van der Waals surface area contributed by atoms with E-state index in [1.54, 1.807) is 0 Å². The van der Waals surface area contributed by atoms with Gasteiger partial charge in [-0.1, -0.05) is 0 Å². The first kappa shape index (κ1) is 15.9. The number of nitrogens with zero attached hydrogens (tertiary/aromatic N) is 2. The molecule has 2 fully saturated rings. The molecule has 2 saturated heterocycles. The van der Waals surface area contributed by atoms with Crippen LogP contribution in [-0.4, -0.2) is 67.6 Å². The molecule has 0 saturated carbocycles. The molecule has 0 aromatic rings. The molecule has 0 aromatic heterocycles. The van der Waals surface area contributed by atoms with Crippen LogP contribution < -0.4 is 5.73 Å². The summed E-state index contributed by atoms with van der Waals surface area (Å²) in [6.07, 6.45) is 1.95. The van der Waals surface area contributed by atoms with Crippen molar-refractivity contribution in [2.75, 3.05) is 39.5 Å². The zero-order chi connectivity index (χ0) is 12.1. The summed E-state index contributed by atoms with van der Waals surface area (Å²) in [5.74, 6) is 0.573. The van der Waals surface area contributed by atoms with Gasteiger partial charge in [0.25, 0.3) is 0 Å². The van der Waals surface area contributed by atoms with E-state index in [-0.39, 0.29) is 42.8 Å². The predicted molar refractivity (Wildman–Crippen MR) is 79.3 cm³/mol. The van der Waals surface area contributed by atoms with Crippen molar-refractivity contribution in [2.24, 2.45) is 10.7 Å².